The van der Waals surface area contributed by atoms with Gasteiger partial charge in [0.2, 0.25) is 0 Å². The Morgan fingerprint density at radius 2 is 2.12 bits per heavy atom. The quantitative estimate of drug-likeness (QED) is 0.550. The number of hydrogen-bond acceptors (Lipinski definition) is 4. The van der Waals surface area contributed by atoms with Crippen LogP contribution in [0.2, 0.25) is 0 Å². The fraction of sp³-hybridized carbons (Fsp3) is 0.350. The predicted octanol–water partition coefficient (Wildman–Crippen LogP) is 2.28. The van der Waals surface area contributed by atoms with Gasteiger partial charge < -0.3 is 0 Å². The average Bonchev–Trinajstić information content (AvgIpc) is 2.71. The normalized spacial score (nSPS) is 24.5. The van der Waals surface area contributed by atoms with Crippen molar-refractivity contribution in [1.29, 1.82) is 0 Å². The molecule has 1 aliphatic heterocycles. The number of pyridine rings is 1. The first-order valence-corrected chi connectivity index (χ1v) is 15.1. The van der Waals surface area contributed by atoms with Crippen LogP contribution in [0, 0.1) is 5.92 Å². The molecule has 4 nitrogen and oxygen atoms in total. The minimum absolute atomic E-state index is 0.00107. The Labute approximate surface area is 161 Å². The van der Waals surface area contributed by atoms with E-state index in [-0.39, 0.29) is 12.5 Å². The standard InChI is InChI=1S/C20H23NO3.Tl.H/c1-17(7-6-15-23-2)20(24-16-14-22,18-8-4-3-5-9-18)19-10-12-21-13-11-19;;/h1,3-8,10-13,15,18,22H,9,14,16H2,2H3;;/t18-,20?;;/m0../s1. The van der Waals surface area contributed by atoms with Crippen molar-refractivity contribution in [3.05, 3.63) is 75.8 Å². The van der Waals surface area contributed by atoms with E-state index in [1.54, 1.807) is 7.11 Å². The molecule has 0 saturated carbocycles. The molecule has 0 saturated heterocycles. The van der Waals surface area contributed by atoms with Crippen LogP contribution in [0.4, 0.5) is 0 Å². The van der Waals surface area contributed by atoms with Crippen molar-refractivity contribution in [2.24, 2.45) is 5.92 Å². The van der Waals surface area contributed by atoms with Crippen LogP contribution in [-0.2, 0) is 15.1 Å². The molecule has 1 aromatic heterocycles. The van der Waals surface area contributed by atoms with Gasteiger partial charge in [-0.2, -0.15) is 0 Å². The molecule has 2 aliphatic rings. The van der Waals surface area contributed by atoms with Crippen LogP contribution in [0.1, 0.15) is 12.0 Å². The van der Waals surface area contributed by atoms with Gasteiger partial charge in [-0.25, -0.2) is 0 Å². The van der Waals surface area contributed by atoms with Crippen LogP contribution >= 0.6 is 0 Å². The summed E-state index contributed by atoms with van der Waals surface area (Å²) in [6, 6.07) is 4.05. The van der Waals surface area contributed by atoms with Gasteiger partial charge >= 0.3 is 161 Å². The Balaban J connectivity index is 2.08. The monoisotopic (exact) mass is 531 g/mol. The van der Waals surface area contributed by atoms with E-state index >= 15 is 0 Å². The maximum absolute atomic E-state index is 9.44. The molecule has 1 aromatic rings. The number of aliphatic hydroxyl groups is 1. The average molecular weight is 531 g/mol. The molecule has 1 N–H and O–H groups in total. The van der Waals surface area contributed by atoms with Crippen molar-refractivity contribution in [2.45, 2.75) is 15.7 Å². The molecular formula is C20H24NO3Tl. The topological polar surface area (TPSA) is 51.6 Å². The molecule has 130 valence electrons. The summed E-state index contributed by atoms with van der Waals surface area (Å²) >= 11 is -1.35. The van der Waals surface area contributed by atoms with Crippen molar-refractivity contribution in [1.82, 2.24) is 4.98 Å². The summed E-state index contributed by atoms with van der Waals surface area (Å²) in [5.41, 5.74) is 1.69. The second-order valence-corrected chi connectivity index (χ2v) is 12.8. The van der Waals surface area contributed by atoms with Gasteiger partial charge in [0.1, 0.15) is 0 Å². The van der Waals surface area contributed by atoms with Gasteiger partial charge in [0, 0.05) is 0 Å². The van der Waals surface area contributed by atoms with Crippen LogP contribution in [0.3, 0.4) is 0 Å². The van der Waals surface area contributed by atoms with E-state index in [4.69, 9.17) is 9.47 Å². The zero-order valence-electron chi connectivity index (χ0n) is 14.5. The number of ether oxygens (including phenoxy) is 2. The predicted molar refractivity (Wildman–Crippen MR) is 101 cm³/mol. The van der Waals surface area contributed by atoms with Crippen LogP contribution in [0.15, 0.2) is 70.2 Å². The van der Waals surface area contributed by atoms with Crippen LogP contribution in [0.25, 0.3) is 0 Å². The zero-order chi connectivity index (χ0) is 17.5. The Kier molecular flexibility index (Phi) is 6.75. The van der Waals surface area contributed by atoms with Gasteiger partial charge in [0.25, 0.3) is 0 Å². The molecule has 0 amide bonds. The number of nitrogens with zero attached hydrogens (tertiary/aromatic N) is 1. The minimum atomic E-state index is -1.35. The number of allylic oxidation sites excluding steroid dienone is 3. The van der Waals surface area contributed by atoms with Crippen molar-refractivity contribution in [2.75, 3.05) is 20.3 Å². The molecule has 5 heteroatoms. The van der Waals surface area contributed by atoms with Crippen molar-refractivity contribution in [3.63, 3.8) is 0 Å². The number of aliphatic hydroxyl groups excluding tert-OH is 1. The van der Waals surface area contributed by atoms with Crippen molar-refractivity contribution >= 4 is 24.2 Å². The second-order valence-electron chi connectivity index (χ2n) is 6.23. The molecule has 3 atom stereocenters. The van der Waals surface area contributed by atoms with Crippen molar-refractivity contribution in [3.8, 4) is 0 Å². The Hall–Kier alpha value is -1.09. The fourth-order valence-corrected chi connectivity index (χ4v) is 9.09. The van der Waals surface area contributed by atoms with Crippen molar-refractivity contribution < 1.29 is 14.6 Å². The first-order chi connectivity index (χ1) is 12.3. The SMILES string of the molecule is CO[CH]1C=CC(C(OCCO)(c2ccncc2)[C@H]2C=CC=CC2)=[CH][TlH]1. The van der Waals surface area contributed by atoms with E-state index in [0.717, 1.165) is 12.0 Å². The molecule has 0 fully saturated rings. The van der Waals surface area contributed by atoms with Crippen LogP contribution < -0.4 is 0 Å². The molecule has 0 bridgehead atoms. The summed E-state index contributed by atoms with van der Waals surface area (Å²) < 4.78 is 14.7. The summed E-state index contributed by atoms with van der Waals surface area (Å²) in [5, 5.41) is 9.44. The summed E-state index contributed by atoms with van der Waals surface area (Å²) in [7, 11) is 1.78. The molecule has 2 unspecified atom stereocenters. The maximum atomic E-state index is 9.44. The summed E-state index contributed by atoms with van der Waals surface area (Å²) in [5.74, 6) is 0.176. The Morgan fingerprint density at radius 1 is 1.28 bits per heavy atom. The molecule has 25 heavy (non-hydrogen) atoms. The van der Waals surface area contributed by atoms with E-state index in [1.807, 2.05) is 24.5 Å². The van der Waals surface area contributed by atoms with Crippen LogP contribution in [0.5, 0.6) is 0 Å². The van der Waals surface area contributed by atoms with Crippen LogP contribution in [-0.4, -0.2) is 58.3 Å². The Morgan fingerprint density at radius 3 is 2.72 bits per heavy atom. The number of hydrogen-bond donors (Lipinski definition) is 1. The molecule has 1 aliphatic carbocycles. The molecule has 2 heterocycles. The zero-order valence-corrected chi connectivity index (χ0v) is 20.0. The van der Waals surface area contributed by atoms with E-state index < -0.39 is 29.8 Å². The Bertz CT molecular complexity index is 683. The van der Waals surface area contributed by atoms with Gasteiger partial charge in [-0.1, -0.05) is 0 Å². The molecule has 3 rings (SSSR count). The first kappa shape index (κ1) is 18.7. The van der Waals surface area contributed by atoms with Gasteiger partial charge in [-0.15, -0.1) is 0 Å². The number of methoxy groups -OCH3 is 1. The first-order valence-electron chi connectivity index (χ1n) is 8.71. The van der Waals surface area contributed by atoms with E-state index in [1.165, 1.54) is 5.57 Å². The van der Waals surface area contributed by atoms with Gasteiger partial charge in [0.05, 0.1) is 0 Å². The molecule has 0 spiro atoms. The summed E-state index contributed by atoms with van der Waals surface area (Å²) in [4.78, 5) is 4.17. The van der Waals surface area contributed by atoms with Gasteiger partial charge in [-0.3, -0.25) is 0 Å². The molecule has 0 radical (unpaired) electrons. The summed E-state index contributed by atoms with van der Waals surface area (Å²) in [6.45, 7) is 0.299. The third-order valence-corrected chi connectivity index (χ3v) is 11.6. The number of rotatable bonds is 7. The van der Waals surface area contributed by atoms with E-state index in [9.17, 15) is 5.11 Å². The molecule has 0 aromatic carbocycles. The fourth-order valence-electron chi connectivity index (χ4n) is 3.61. The number of aromatic nitrogens is 1. The van der Waals surface area contributed by atoms with E-state index in [0.29, 0.717) is 10.3 Å². The molecular weight excluding hydrogens is 507 g/mol. The third kappa shape index (κ3) is 4.02. The second kappa shape index (κ2) is 9.03. The summed E-state index contributed by atoms with van der Waals surface area (Å²) in [6.07, 6.45) is 17.4. The third-order valence-electron chi connectivity index (χ3n) is 4.83. The van der Waals surface area contributed by atoms with E-state index in [2.05, 4.69) is 45.1 Å². The van der Waals surface area contributed by atoms with Gasteiger partial charge in [0.15, 0.2) is 0 Å². The van der Waals surface area contributed by atoms with Gasteiger partial charge in [-0.05, 0) is 0 Å².